The van der Waals surface area contributed by atoms with E-state index in [2.05, 4.69) is 10.6 Å². The third-order valence-electron chi connectivity index (χ3n) is 2.42. The molecule has 0 aliphatic carbocycles. The van der Waals surface area contributed by atoms with Crippen molar-refractivity contribution in [2.24, 2.45) is 0 Å². The van der Waals surface area contributed by atoms with Crippen molar-refractivity contribution in [3.63, 3.8) is 0 Å². The number of aryl methyl sites for hydroxylation is 1. The van der Waals surface area contributed by atoms with Crippen LogP contribution in [0.4, 0.5) is 0 Å². The summed E-state index contributed by atoms with van der Waals surface area (Å²) in [7, 11) is 0. The number of aliphatic hydroxyl groups excluding tert-OH is 1. The van der Waals surface area contributed by atoms with Crippen molar-refractivity contribution < 1.29 is 9.90 Å². The summed E-state index contributed by atoms with van der Waals surface area (Å²) in [6, 6.07) is 7.50. The molecule has 0 fully saturated rings. The Hall–Kier alpha value is -1.39. The Bertz CT molecular complexity index is 364. The lowest BCUT2D eigenvalue weighted by molar-refractivity contribution is 0.0953. The summed E-state index contributed by atoms with van der Waals surface area (Å²) in [5.41, 5.74) is 1.69. The molecule has 94 valence electrons. The van der Waals surface area contributed by atoms with Crippen molar-refractivity contribution in [1.29, 1.82) is 0 Å². The van der Waals surface area contributed by atoms with Crippen molar-refractivity contribution in [3.8, 4) is 0 Å². The van der Waals surface area contributed by atoms with Crippen molar-refractivity contribution in [2.75, 3.05) is 19.6 Å². The first-order valence-electron chi connectivity index (χ1n) is 5.84. The molecule has 1 unspecified atom stereocenters. The van der Waals surface area contributed by atoms with Gasteiger partial charge < -0.3 is 15.7 Å². The average molecular weight is 236 g/mol. The van der Waals surface area contributed by atoms with Gasteiger partial charge in [-0.05, 0) is 25.5 Å². The van der Waals surface area contributed by atoms with E-state index in [4.69, 9.17) is 5.11 Å². The van der Waals surface area contributed by atoms with E-state index in [9.17, 15) is 4.79 Å². The molecule has 0 spiro atoms. The summed E-state index contributed by atoms with van der Waals surface area (Å²) in [5.74, 6) is -0.0538. The Morgan fingerprint density at radius 1 is 1.35 bits per heavy atom. The molecular formula is C13H20N2O2. The van der Waals surface area contributed by atoms with E-state index >= 15 is 0 Å². The Labute approximate surface area is 102 Å². The highest BCUT2D eigenvalue weighted by atomic mass is 16.3. The Balaban J connectivity index is 2.29. The topological polar surface area (TPSA) is 61.4 Å². The molecule has 3 N–H and O–H groups in total. The van der Waals surface area contributed by atoms with Crippen LogP contribution in [0.2, 0.25) is 0 Å². The van der Waals surface area contributed by atoms with E-state index in [-0.39, 0.29) is 12.0 Å². The molecule has 1 aromatic carbocycles. The molecule has 0 radical (unpaired) electrons. The van der Waals surface area contributed by atoms with Gasteiger partial charge in [0.15, 0.2) is 0 Å². The highest BCUT2D eigenvalue weighted by Crippen LogP contribution is 2.05. The van der Waals surface area contributed by atoms with E-state index in [0.717, 1.165) is 5.56 Å². The molecule has 0 aliphatic rings. The second kappa shape index (κ2) is 7.04. The zero-order chi connectivity index (χ0) is 12.7. The van der Waals surface area contributed by atoms with Crippen LogP contribution in [0.3, 0.4) is 0 Å². The van der Waals surface area contributed by atoms with Gasteiger partial charge in [-0.3, -0.25) is 4.79 Å². The fourth-order valence-electron chi connectivity index (χ4n) is 1.50. The first-order chi connectivity index (χ1) is 8.11. The average Bonchev–Trinajstić information content (AvgIpc) is 2.28. The molecule has 4 nitrogen and oxygen atoms in total. The van der Waals surface area contributed by atoms with Crippen LogP contribution >= 0.6 is 0 Å². The summed E-state index contributed by atoms with van der Waals surface area (Å²) in [4.78, 5) is 11.8. The SMILES string of the molecule is Cc1ccccc1C(=O)NCCNCC(C)O. The van der Waals surface area contributed by atoms with E-state index in [1.165, 1.54) is 0 Å². The summed E-state index contributed by atoms with van der Waals surface area (Å²) in [5, 5.41) is 14.9. The summed E-state index contributed by atoms with van der Waals surface area (Å²) >= 11 is 0. The predicted molar refractivity (Wildman–Crippen MR) is 68.1 cm³/mol. The minimum atomic E-state index is -0.359. The number of aliphatic hydroxyl groups is 1. The number of carbonyl (C=O) groups is 1. The third kappa shape index (κ3) is 4.97. The van der Waals surface area contributed by atoms with Crippen LogP contribution in [0.15, 0.2) is 24.3 Å². The van der Waals surface area contributed by atoms with E-state index in [1.807, 2.05) is 31.2 Å². The number of rotatable bonds is 6. The minimum Gasteiger partial charge on any atom is -0.392 e. The summed E-state index contributed by atoms with van der Waals surface area (Å²) < 4.78 is 0. The minimum absolute atomic E-state index is 0.0538. The van der Waals surface area contributed by atoms with Crippen LogP contribution in [0, 0.1) is 6.92 Å². The summed E-state index contributed by atoms with van der Waals surface area (Å²) in [6.45, 7) is 5.39. The van der Waals surface area contributed by atoms with Crippen molar-refractivity contribution >= 4 is 5.91 Å². The Morgan fingerprint density at radius 2 is 2.06 bits per heavy atom. The highest BCUT2D eigenvalue weighted by molar-refractivity contribution is 5.95. The Morgan fingerprint density at radius 3 is 2.71 bits per heavy atom. The molecule has 1 atom stereocenters. The highest BCUT2D eigenvalue weighted by Gasteiger charge is 2.06. The van der Waals surface area contributed by atoms with Gasteiger partial charge in [0.05, 0.1) is 6.10 Å². The molecule has 1 amide bonds. The fourth-order valence-corrected chi connectivity index (χ4v) is 1.50. The maximum atomic E-state index is 11.8. The van der Waals surface area contributed by atoms with Crippen LogP contribution in [-0.2, 0) is 0 Å². The Kier molecular flexibility index (Phi) is 5.66. The number of nitrogens with one attached hydrogen (secondary N) is 2. The van der Waals surface area contributed by atoms with Crippen LogP contribution in [0.5, 0.6) is 0 Å². The smallest absolute Gasteiger partial charge is 0.251 e. The number of amides is 1. The molecule has 17 heavy (non-hydrogen) atoms. The van der Waals surface area contributed by atoms with Crippen LogP contribution in [0.25, 0.3) is 0 Å². The first-order valence-corrected chi connectivity index (χ1v) is 5.84. The second-order valence-corrected chi connectivity index (χ2v) is 4.12. The molecule has 0 aliphatic heterocycles. The quantitative estimate of drug-likeness (QED) is 0.637. The van der Waals surface area contributed by atoms with Gasteiger partial charge in [0.25, 0.3) is 5.91 Å². The third-order valence-corrected chi connectivity index (χ3v) is 2.42. The molecule has 1 aromatic rings. The van der Waals surface area contributed by atoms with Crippen LogP contribution in [0.1, 0.15) is 22.8 Å². The number of benzene rings is 1. The van der Waals surface area contributed by atoms with E-state index in [0.29, 0.717) is 25.2 Å². The predicted octanol–water partition coefficient (Wildman–Crippen LogP) is 0.695. The fraction of sp³-hybridized carbons (Fsp3) is 0.462. The van der Waals surface area contributed by atoms with Crippen LogP contribution in [-0.4, -0.2) is 36.8 Å². The van der Waals surface area contributed by atoms with Gasteiger partial charge in [0.1, 0.15) is 0 Å². The molecule has 0 saturated carbocycles. The van der Waals surface area contributed by atoms with Crippen molar-refractivity contribution in [2.45, 2.75) is 20.0 Å². The molecule has 1 rings (SSSR count). The second-order valence-electron chi connectivity index (χ2n) is 4.12. The van der Waals surface area contributed by atoms with Gasteiger partial charge in [-0.1, -0.05) is 18.2 Å². The van der Waals surface area contributed by atoms with Gasteiger partial charge in [-0.2, -0.15) is 0 Å². The number of carbonyl (C=O) groups excluding carboxylic acids is 1. The molecule has 4 heteroatoms. The van der Waals surface area contributed by atoms with Gasteiger partial charge >= 0.3 is 0 Å². The zero-order valence-corrected chi connectivity index (χ0v) is 10.4. The van der Waals surface area contributed by atoms with Crippen molar-refractivity contribution in [1.82, 2.24) is 10.6 Å². The molecule has 0 aromatic heterocycles. The molecule has 0 bridgehead atoms. The van der Waals surface area contributed by atoms with Gasteiger partial charge in [-0.25, -0.2) is 0 Å². The van der Waals surface area contributed by atoms with E-state index in [1.54, 1.807) is 6.92 Å². The largest absolute Gasteiger partial charge is 0.392 e. The van der Waals surface area contributed by atoms with Crippen molar-refractivity contribution in [3.05, 3.63) is 35.4 Å². The lowest BCUT2D eigenvalue weighted by Crippen LogP contribution is -2.34. The maximum absolute atomic E-state index is 11.8. The molecular weight excluding hydrogens is 216 g/mol. The monoisotopic (exact) mass is 236 g/mol. The van der Waals surface area contributed by atoms with E-state index < -0.39 is 0 Å². The molecule has 0 heterocycles. The lowest BCUT2D eigenvalue weighted by atomic mass is 10.1. The maximum Gasteiger partial charge on any atom is 0.251 e. The first kappa shape index (κ1) is 13.7. The standard InChI is InChI=1S/C13H20N2O2/c1-10-5-3-4-6-12(10)13(17)15-8-7-14-9-11(2)16/h3-6,11,14,16H,7-9H2,1-2H3,(H,15,17). The lowest BCUT2D eigenvalue weighted by Gasteiger charge is -2.09. The zero-order valence-electron chi connectivity index (χ0n) is 10.4. The number of hydrogen-bond acceptors (Lipinski definition) is 3. The van der Waals surface area contributed by atoms with Gasteiger partial charge in [0.2, 0.25) is 0 Å². The van der Waals surface area contributed by atoms with Crippen LogP contribution < -0.4 is 10.6 Å². The van der Waals surface area contributed by atoms with Gasteiger partial charge in [0, 0.05) is 25.2 Å². The van der Waals surface area contributed by atoms with Gasteiger partial charge in [-0.15, -0.1) is 0 Å². The number of hydrogen-bond donors (Lipinski definition) is 3. The molecule has 0 saturated heterocycles. The summed E-state index contributed by atoms with van der Waals surface area (Å²) in [6.07, 6.45) is -0.359. The normalized spacial score (nSPS) is 12.2.